The number of aromatic amines is 1. The first-order chi connectivity index (χ1) is 12.7. The van der Waals surface area contributed by atoms with Gasteiger partial charge in [0.25, 0.3) is 0 Å². The number of benzene rings is 2. The number of aliphatic imine (C=N–C) groups is 1. The number of guanidine groups is 1. The highest BCUT2D eigenvalue weighted by atomic mass is 15.1. The molecular weight excluding hydrogens is 322 g/mol. The van der Waals surface area contributed by atoms with Crippen LogP contribution in [0.3, 0.4) is 0 Å². The Labute approximate surface area is 154 Å². The van der Waals surface area contributed by atoms with Crippen LogP contribution in [0.5, 0.6) is 0 Å². The van der Waals surface area contributed by atoms with Crippen LogP contribution >= 0.6 is 0 Å². The van der Waals surface area contributed by atoms with E-state index in [1.165, 1.54) is 11.1 Å². The molecule has 3 rings (SSSR count). The van der Waals surface area contributed by atoms with Crippen LogP contribution in [0.1, 0.15) is 37.2 Å². The third-order valence-electron chi connectivity index (χ3n) is 4.54. The smallest absolute Gasteiger partial charge is 0.193 e. The van der Waals surface area contributed by atoms with Gasteiger partial charge in [-0.3, -0.25) is 4.99 Å². The predicted octanol–water partition coefficient (Wildman–Crippen LogP) is 4.05. The molecule has 0 aliphatic rings. The van der Waals surface area contributed by atoms with Gasteiger partial charge in [0.2, 0.25) is 0 Å². The summed E-state index contributed by atoms with van der Waals surface area (Å²) < 4.78 is 0. The second-order valence-corrected chi connectivity index (χ2v) is 6.35. The Kier molecular flexibility index (Phi) is 5.89. The highest BCUT2D eigenvalue weighted by molar-refractivity contribution is 5.93. The first kappa shape index (κ1) is 18.0. The summed E-state index contributed by atoms with van der Waals surface area (Å²) >= 11 is 0. The van der Waals surface area contributed by atoms with Crippen molar-refractivity contribution in [3.63, 3.8) is 0 Å². The summed E-state index contributed by atoms with van der Waals surface area (Å²) in [6.07, 6.45) is 3.69. The van der Waals surface area contributed by atoms with Crippen molar-refractivity contribution in [1.82, 2.24) is 9.97 Å². The van der Waals surface area contributed by atoms with Gasteiger partial charge in [-0.15, -0.1) is 0 Å². The Hall–Kier alpha value is -2.82. The third kappa shape index (κ3) is 4.23. The summed E-state index contributed by atoms with van der Waals surface area (Å²) in [6, 6.07) is 14.5. The predicted molar refractivity (Wildman–Crippen MR) is 110 cm³/mol. The van der Waals surface area contributed by atoms with Gasteiger partial charge < -0.3 is 16.0 Å². The molecule has 5 heteroatoms. The second-order valence-electron chi connectivity index (χ2n) is 6.35. The van der Waals surface area contributed by atoms with E-state index in [2.05, 4.69) is 52.3 Å². The largest absolute Gasteiger partial charge is 0.370 e. The fourth-order valence-corrected chi connectivity index (χ4v) is 3.14. The number of nitrogens with zero attached hydrogens (tertiary/aromatic N) is 2. The van der Waals surface area contributed by atoms with E-state index in [4.69, 9.17) is 5.73 Å². The zero-order chi connectivity index (χ0) is 18.4. The molecule has 2 aromatic carbocycles. The molecule has 0 saturated heterocycles. The van der Waals surface area contributed by atoms with Crippen LogP contribution in [0, 0.1) is 0 Å². The zero-order valence-electron chi connectivity index (χ0n) is 15.5. The third-order valence-corrected chi connectivity index (χ3v) is 4.54. The number of imidazole rings is 1. The van der Waals surface area contributed by atoms with Crippen molar-refractivity contribution in [2.24, 2.45) is 10.7 Å². The van der Waals surface area contributed by atoms with Gasteiger partial charge in [0.1, 0.15) is 5.82 Å². The normalized spacial score (nSPS) is 11.8. The van der Waals surface area contributed by atoms with Gasteiger partial charge in [-0.05, 0) is 42.5 Å². The summed E-state index contributed by atoms with van der Waals surface area (Å²) in [5, 5.41) is 3.31. The van der Waals surface area contributed by atoms with Gasteiger partial charge in [-0.2, -0.15) is 0 Å². The van der Waals surface area contributed by atoms with Crippen LogP contribution in [0.2, 0.25) is 0 Å². The van der Waals surface area contributed by atoms with E-state index >= 15 is 0 Å². The van der Waals surface area contributed by atoms with Gasteiger partial charge in [0.15, 0.2) is 5.96 Å². The molecule has 0 saturated carbocycles. The number of hydrogen-bond acceptors (Lipinski definition) is 2. The number of aryl methyl sites for hydroxylation is 3. The molecule has 0 bridgehead atoms. The van der Waals surface area contributed by atoms with Crippen molar-refractivity contribution in [2.45, 2.75) is 39.5 Å². The minimum atomic E-state index is 0.477. The highest BCUT2D eigenvalue weighted by Gasteiger charge is 2.07. The van der Waals surface area contributed by atoms with Gasteiger partial charge in [-0.1, -0.05) is 44.2 Å². The number of H-pyrrole nitrogens is 1. The molecule has 1 aromatic heterocycles. The lowest BCUT2D eigenvalue weighted by molar-refractivity contribution is 0.796. The minimum absolute atomic E-state index is 0.477. The van der Waals surface area contributed by atoms with Gasteiger partial charge in [-0.25, -0.2) is 4.98 Å². The van der Waals surface area contributed by atoms with E-state index in [0.29, 0.717) is 12.5 Å². The number of nitrogens with one attached hydrogen (secondary N) is 2. The first-order valence-corrected chi connectivity index (χ1v) is 9.32. The van der Waals surface area contributed by atoms with E-state index in [9.17, 15) is 0 Å². The van der Waals surface area contributed by atoms with Crippen molar-refractivity contribution in [3.8, 4) is 0 Å². The summed E-state index contributed by atoms with van der Waals surface area (Å²) in [7, 11) is 0. The molecule has 5 nitrogen and oxygen atoms in total. The Balaban J connectivity index is 1.57. The fraction of sp³-hybridized carbons (Fsp3) is 0.333. The van der Waals surface area contributed by atoms with Gasteiger partial charge in [0, 0.05) is 18.7 Å². The molecule has 0 radical (unpaired) electrons. The maximum atomic E-state index is 6.11. The minimum Gasteiger partial charge on any atom is -0.370 e. The fourth-order valence-electron chi connectivity index (χ4n) is 3.14. The van der Waals surface area contributed by atoms with E-state index < -0.39 is 0 Å². The van der Waals surface area contributed by atoms with Crippen LogP contribution < -0.4 is 11.1 Å². The molecule has 0 fully saturated rings. The van der Waals surface area contributed by atoms with Crippen LogP contribution in [0.15, 0.2) is 47.5 Å². The van der Waals surface area contributed by atoms with E-state index in [1.54, 1.807) is 0 Å². The quantitative estimate of drug-likeness (QED) is 0.342. The summed E-state index contributed by atoms with van der Waals surface area (Å²) in [4.78, 5) is 12.4. The number of anilines is 1. The first-order valence-electron chi connectivity index (χ1n) is 9.32. The van der Waals surface area contributed by atoms with Crippen molar-refractivity contribution in [3.05, 3.63) is 59.4 Å². The van der Waals surface area contributed by atoms with Gasteiger partial charge >= 0.3 is 0 Å². The highest BCUT2D eigenvalue weighted by Crippen LogP contribution is 2.22. The SMILES string of the molecule is CCc1cccc(CC)c1NC(N)=NCCCc1nc2ccccc2[nH]1. The van der Waals surface area contributed by atoms with Crippen molar-refractivity contribution < 1.29 is 0 Å². The number of hydrogen-bond donors (Lipinski definition) is 3. The number of rotatable bonds is 7. The Morgan fingerprint density at radius 1 is 1.08 bits per heavy atom. The summed E-state index contributed by atoms with van der Waals surface area (Å²) in [6.45, 7) is 4.98. The molecule has 1 heterocycles. The molecule has 136 valence electrons. The number of para-hydroxylation sites is 3. The Morgan fingerprint density at radius 2 is 1.81 bits per heavy atom. The van der Waals surface area contributed by atoms with Crippen LogP contribution in [0.4, 0.5) is 5.69 Å². The maximum Gasteiger partial charge on any atom is 0.193 e. The lowest BCUT2D eigenvalue weighted by Crippen LogP contribution is -2.24. The Morgan fingerprint density at radius 3 is 2.50 bits per heavy atom. The van der Waals surface area contributed by atoms with E-state index in [-0.39, 0.29) is 0 Å². The van der Waals surface area contributed by atoms with Crippen molar-refractivity contribution in [2.75, 3.05) is 11.9 Å². The average molecular weight is 349 g/mol. The second kappa shape index (κ2) is 8.52. The maximum absolute atomic E-state index is 6.11. The van der Waals surface area contributed by atoms with Crippen LogP contribution in [-0.4, -0.2) is 22.5 Å². The molecule has 0 aliphatic carbocycles. The summed E-state index contributed by atoms with van der Waals surface area (Å²) in [5.74, 6) is 1.47. The van der Waals surface area contributed by atoms with Crippen LogP contribution in [0.25, 0.3) is 11.0 Å². The zero-order valence-corrected chi connectivity index (χ0v) is 15.5. The molecule has 26 heavy (non-hydrogen) atoms. The average Bonchev–Trinajstić information content (AvgIpc) is 3.08. The Bertz CT molecular complexity index is 839. The molecule has 0 atom stereocenters. The molecule has 0 spiro atoms. The van der Waals surface area contributed by atoms with E-state index in [0.717, 1.165) is 48.2 Å². The summed E-state index contributed by atoms with van der Waals surface area (Å²) in [5.41, 5.74) is 11.8. The monoisotopic (exact) mass is 349 g/mol. The molecule has 0 aliphatic heterocycles. The molecule has 0 amide bonds. The van der Waals surface area contributed by atoms with Crippen molar-refractivity contribution >= 4 is 22.7 Å². The molecule has 3 aromatic rings. The van der Waals surface area contributed by atoms with Crippen LogP contribution in [-0.2, 0) is 19.3 Å². The number of fused-ring (bicyclic) bond motifs is 1. The van der Waals surface area contributed by atoms with Gasteiger partial charge in [0.05, 0.1) is 11.0 Å². The lowest BCUT2D eigenvalue weighted by Gasteiger charge is -2.14. The number of aromatic nitrogens is 2. The van der Waals surface area contributed by atoms with E-state index in [1.807, 2.05) is 24.3 Å². The molecule has 4 N–H and O–H groups in total. The topological polar surface area (TPSA) is 79.1 Å². The standard InChI is InChI=1S/C21H27N5/c1-3-15-9-7-10-16(4-2)20(15)26-21(22)23-14-8-13-19-24-17-11-5-6-12-18(17)25-19/h5-7,9-12H,3-4,8,13-14H2,1-2H3,(H,24,25)(H3,22,23,26). The number of nitrogens with two attached hydrogens (primary N) is 1. The lowest BCUT2D eigenvalue weighted by atomic mass is 10.0. The molecule has 0 unspecified atom stereocenters. The molecular formula is C21H27N5. The van der Waals surface area contributed by atoms with Crippen molar-refractivity contribution in [1.29, 1.82) is 0 Å².